The Morgan fingerprint density at radius 2 is 2.11 bits per heavy atom. The standard InChI is InChI=1S/C6H15FN2/c1-9(6-3-7)5-2-4-8/h2-6,8H2,1H3. The zero-order chi connectivity index (χ0) is 7.11. The number of alkyl halides is 1. The molecule has 2 nitrogen and oxygen atoms in total. The van der Waals surface area contributed by atoms with E-state index in [1.807, 2.05) is 11.9 Å². The van der Waals surface area contributed by atoms with Crippen LogP contribution in [0, 0.1) is 0 Å². The monoisotopic (exact) mass is 134 g/mol. The first-order chi connectivity index (χ1) is 4.31. The van der Waals surface area contributed by atoms with Crippen molar-refractivity contribution in [2.24, 2.45) is 5.73 Å². The molecule has 0 aromatic carbocycles. The minimum absolute atomic E-state index is 0.263. The Morgan fingerprint density at radius 3 is 2.56 bits per heavy atom. The number of nitrogens with zero attached hydrogens (tertiary/aromatic N) is 1. The van der Waals surface area contributed by atoms with Gasteiger partial charge in [-0.1, -0.05) is 0 Å². The van der Waals surface area contributed by atoms with E-state index in [0.29, 0.717) is 13.1 Å². The predicted molar refractivity (Wildman–Crippen MR) is 37.1 cm³/mol. The molecule has 0 aliphatic heterocycles. The van der Waals surface area contributed by atoms with Gasteiger partial charge in [0.05, 0.1) is 0 Å². The molecule has 0 amide bonds. The van der Waals surface area contributed by atoms with Gasteiger partial charge in [0.25, 0.3) is 0 Å². The van der Waals surface area contributed by atoms with Crippen molar-refractivity contribution in [3.63, 3.8) is 0 Å². The van der Waals surface area contributed by atoms with Crippen LogP contribution in [0.1, 0.15) is 6.42 Å². The maximum atomic E-state index is 11.6. The summed E-state index contributed by atoms with van der Waals surface area (Å²) in [4.78, 5) is 1.94. The molecule has 9 heavy (non-hydrogen) atoms. The Hall–Kier alpha value is -0.150. The molecule has 56 valence electrons. The molecule has 0 atom stereocenters. The van der Waals surface area contributed by atoms with Crippen LogP contribution in [0.15, 0.2) is 0 Å². The topological polar surface area (TPSA) is 29.3 Å². The fourth-order valence-corrected chi connectivity index (χ4v) is 0.617. The molecule has 0 aliphatic rings. The lowest BCUT2D eigenvalue weighted by atomic mass is 10.4. The summed E-state index contributed by atoms with van der Waals surface area (Å²) in [6.07, 6.45) is 0.955. The third-order valence-electron chi connectivity index (χ3n) is 1.21. The summed E-state index contributed by atoms with van der Waals surface area (Å²) in [6, 6.07) is 0. The minimum atomic E-state index is -0.263. The summed E-state index contributed by atoms with van der Waals surface area (Å²) >= 11 is 0. The molecule has 0 aromatic heterocycles. The van der Waals surface area contributed by atoms with E-state index >= 15 is 0 Å². The third-order valence-corrected chi connectivity index (χ3v) is 1.21. The van der Waals surface area contributed by atoms with E-state index in [0.717, 1.165) is 13.0 Å². The Bertz CT molecular complexity index is 59.0. The van der Waals surface area contributed by atoms with Crippen LogP contribution in [0.2, 0.25) is 0 Å². The summed E-state index contributed by atoms with van der Waals surface area (Å²) in [5, 5.41) is 0. The Balaban J connectivity index is 2.95. The summed E-state index contributed by atoms with van der Waals surface area (Å²) in [5.41, 5.74) is 5.25. The molecular weight excluding hydrogens is 119 g/mol. The van der Waals surface area contributed by atoms with Gasteiger partial charge in [-0.2, -0.15) is 0 Å². The van der Waals surface area contributed by atoms with Gasteiger partial charge in [0.2, 0.25) is 0 Å². The molecular formula is C6H15FN2. The first-order valence-corrected chi connectivity index (χ1v) is 3.26. The SMILES string of the molecule is CN(CCF)CCCN. The fraction of sp³-hybridized carbons (Fsp3) is 1.00. The second-order valence-corrected chi connectivity index (χ2v) is 2.13. The van der Waals surface area contributed by atoms with Gasteiger partial charge < -0.3 is 10.6 Å². The molecule has 0 saturated heterocycles. The molecule has 0 aliphatic carbocycles. The zero-order valence-corrected chi connectivity index (χ0v) is 5.94. The highest BCUT2D eigenvalue weighted by atomic mass is 19.1. The van der Waals surface area contributed by atoms with Gasteiger partial charge in [0.1, 0.15) is 6.67 Å². The Kier molecular flexibility index (Phi) is 5.88. The first-order valence-electron chi connectivity index (χ1n) is 3.26. The van der Waals surface area contributed by atoms with Crippen molar-refractivity contribution >= 4 is 0 Å². The molecule has 3 heteroatoms. The van der Waals surface area contributed by atoms with Crippen LogP contribution in [0.3, 0.4) is 0 Å². The molecule has 0 aromatic rings. The molecule has 0 fully saturated rings. The van der Waals surface area contributed by atoms with Crippen molar-refractivity contribution in [2.45, 2.75) is 6.42 Å². The summed E-state index contributed by atoms with van der Waals surface area (Å²) in [5.74, 6) is 0. The molecule has 0 unspecified atom stereocenters. The van der Waals surface area contributed by atoms with Crippen LogP contribution in [-0.2, 0) is 0 Å². The predicted octanol–water partition coefficient (Wildman–Crippen LogP) is 0.237. The molecule has 0 spiro atoms. The number of hydrogen-bond acceptors (Lipinski definition) is 2. The van der Waals surface area contributed by atoms with Crippen LogP contribution in [-0.4, -0.2) is 38.3 Å². The van der Waals surface area contributed by atoms with E-state index in [1.54, 1.807) is 0 Å². The number of rotatable bonds is 5. The average Bonchev–Trinajstić information content (AvgIpc) is 1.85. The minimum Gasteiger partial charge on any atom is -0.330 e. The van der Waals surface area contributed by atoms with Gasteiger partial charge >= 0.3 is 0 Å². The number of hydrogen-bond donors (Lipinski definition) is 1. The maximum Gasteiger partial charge on any atom is 0.102 e. The number of nitrogens with two attached hydrogens (primary N) is 1. The van der Waals surface area contributed by atoms with Gasteiger partial charge in [-0.3, -0.25) is 0 Å². The van der Waals surface area contributed by atoms with Crippen LogP contribution in [0.4, 0.5) is 4.39 Å². The van der Waals surface area contributed by atoms with Crippen LogP contribution in [0.5, 0.6) is 0 Å². The normalized spacial score (nSPS) is 10.7. The summed E-state index contributed by atoms with van der Waals surface area (Å²) in [6.45, 7) is 1.86. The van der Waals surface area contributed by atoms with E-state index in [-0.39, 0.29) is 6.67 Å². The first kappa shape index (κ1) is 8.85. The zero-order valence-electron chi connectivity index (χ0n) is 5.94. The van der Waals surface area contributed by atoms with Crippen molar-refractivity contribution in [2.75, 3.05) is 33.4 Å². The second kappa shape index (κ2) is 5.98. The highest BCUT2D eigenvalue weighted by molar-refractivity contribution is 4.49. The van der Waals surface area contributed by atoms with Crippen molar-refractivity contribution in [1.82, 2.24) is 4.90 Å². The van der Waals surface area contributed by atoms with Crippen molar-refractivity contribution in [3.05, 3.63) is 0 Å². The van der Waals surface area contributed by atoms with E-state index in [4.69, 9.17) is 5.73 Å². The number of halogens is 1. The highest BCUT2D eigenvalue weighted by Crippen LogP contribution is 1.84. The highest BCUT2D eigenvalue weighted by Gasteiger charge is 1.93. The van der Waals surface area contributed by atoms with Gasteiger partial charge in [0.15, 0.2) is 0 Å². The smallest absolute Gasteiger partial charge is 0.102 e. The quantitative estimate of drug-likeness (QED) is 0.583. The maximum absolute atomic E-state index is 11.6. The second-order valence-electron chi connectivity index (χ2n) is 2.13. The van der Waals surface area contributed by atoms with E-state index < -0.39 is 0 Å². The van der Waals surface area contributed by atoms with Crippen molar-refractivity contribution in [3.8, 4) is 0 Å². The fourth-order valence-electron chi connectivity index (χ4n) is 0.617. The molecule has 0 bridgehead atoms. The van der Waals surface area contributed by atoms with Crippen molar-refractivity contribution in [1.29, 1.82) is 0 Å². The van der Waals surface area contributed by atoms with Crippen LogP contribution >= 0.6 is 0 Å². The average molecular weight is 134 g/mol. The lowest BCUT2D eigenvalue weighted by molar-refractivity contribution is 0.293. The van der Waals surface area contributed by atoms with Crippen molar-refractivity contribution < 1.29 is 4.39 Å². The van der Waals surface area contributed by atoms with E-state index in [9.17, 15) is 4.39 Å². The summed E-state index contributed by atoms with van der Waals surface area (Å²) in [7, 11) is 1.90. The molecule has 2 N–H and O–H groups in total. The van der Waals surface area contributed by atoms with E-state index in [1.165, 1.54) is 0 Å². The molecule has 0 radical (unpaired) electrons. The summed E-state index contributed by atoms with van der Waals surface area (Å²) < 4.78 is 11.6. The molecule has 0 saturated carbocycles. The van der Waals surface area contributed by atoms with Gasteiger partial charge in [-0.25, -0.2) is 4.39 Å². The largest absolute Gasteiger partial charge is 0.330 e. The van der Waals surface area contributed by atoms with Gasteiger partial charge in [0, 0.05) is 6.54 Å². The van der Waals surface area contributed by atoms with Crippen LogP contribution < -0.4 is 5.73 Å². The molecule has 0 rings (SSSR count). The lowest BCUT2D eigenvalue weighted by Crippen LogP contribution is -2.23. The van der Waals surface area contributed by atoms with Gasteiger partial charge in [-0.15, -0.1) is 0 Å². The third kappa shape index (κ3) is 5.73. The Morgan fingerprint density at radius 1 is 1.44 bits per heavy atom. The molecule has 0 heterocycles. The lowest BCUT2D eigenvalue weighted by Gasteiger charge is -2.12. The van der Waals surface area contributed by atoms with Crippen LogP contribution in [0.25, 0.3) is 0 Å². The van der Waals surface area contributed by atoms with Gasteiger partial charge in [-0.05, 0) is 26.6 Å². The Labute approximate surface area is 55.8 Å². The van der Waals surface area contributed by atoms with E-state index in [2.05, 4.69) is 0 Å².